The van der Waals surface area contributed by atoms with Crippen molar-refractivity contribution in [3.8, 4) is 0 Å². The van der Waals surface area contributed by atoms with Crippen molar-refractivity contribution in [2.24, 2.45) is 4.99 Å². The highest BCUT2D eigenvalue weighted by Crippen LogP contribution is 2.24. The van der Waals surface area contributed by atoms with Gasteiger partial charge >= 0.3 is 0 Å². The molecule has 0 atom stereocenters. The highest BCUT2D eigenvalue weighted by atomic mass is 35.5. The predicted octanol–water partition coefficient (Wildman–Crippen LogP) is 4.56. The fraction of sp³-hybridized carbons (Fsp3) is 0.200. The average Bonchev–Trinajstić information content (AvgIpc) is 2.88. The van der Waals surface area contributed by atoms with E-state index in [0.29, 0.717) is 16.6 Å². The highest BCUT2D eigenvalue weighted by Gasteiger charge is 2.22. The molecule has 122 valence electrons. The van der Waals surface area contributed by atoms with Crippen LogP contribution in [0.4, 0.5) is 0 Å². The topological polar surface area (TPSA) is 41.5 Å². The van der Waals surface area contributed by atoms with Crippen molar-refractivity contribution < 1.29 is 4.79 Å². The third-order valence-corrected chi connectivity index (χ3v) is 4.24. The summed E-state index contributed by atoms with van der Waals surface area (Å²) in [7, 11) is 0. The van der Waals surface area contributed by atoms with Crippen LogP contribution in [-0.4, -0.2) is 11.7 Å². The minimum atomic E-state index is -0.218. The normalized spacial score (nSPS) is 16.2. The largest absolute Gasteiger partial charge is 0.305 e. The maximum atomic E-state index is 12.2. The van der Waals surface area contributed by atoms with E-state index < -0.39 is 0 Å². The third-order valence-electron chi connectivity index (χ3n) is 3.91. The van der Waals surface area contributed by atoms with Crippen LogP contribution in [0.3, 0.4) is 0 Å². The van der Waals surface area contributed by atoms with Crippen molar-refractivity contribution in [2.45, 2.75) is 26.2 Å². The zero-order valence-electron chi connectivity index (χ0n) is 13.9. The van der Waals surface area contributed by atoms with E-state index in [-0.39, 0.29) is 11.3 Å². The molecule has 1 aliphatic heterocycles. The molecule has 0 fully saturated rings. The van der Waals surface area contributed by atoms with E-state index in [2.05, 4.69) is 43.2 Å². The minimum Gasteiger partial charge on any atom is -0.305 e. The SMILES string of the molecule is CC(C)(C)c1ccc(C=C2N=C(c3ccccc3Cl)NC2=O)cc1. The van der Waals surface area contributed by atoms with Crippen molar-refractivity contribution in [2.75, 3.05) is 0 Å². The molecule has 2 aromatic carbocycles. The zero-order chi connectivity index (χ0) is 17.3. The summed E-state index contributed by atoms with van der Waals surface area (Å²) in [6.45, 7) is 6.52. The molecule has 1 amide bonds. The van der Waals surface area contributed by atoms with Crippen LogP contribution in [0.2, 0.25) is 5.02 Å². The molecule has 2 aromatic rings. The molecule has 0 radical (unpaired) electrons. The van der Waals surface area contributed by atoms with E-state index in [1.54, 1.807) is 12.1 Å². The summed E-state index contributed by atoms with van der Waals surface area (Å²) in [4.78, 5) is 16.6. The first kappa shape index (κ1) is 16.5. The molecule has 0 bridgehead atoms. The van der Waals surface area contributed by atoms with Crippen LogP contribution in [0.15, 0.2) is 59.2 Å². The number of carbonyl (C=O) groups excluding carboxylic acids is 1. The Morgan fingerprint density at radius 1 is 1.04 bits per heavy atom. The number of hydrogen-bond donors (Lipinski definition) is 1. The summed E-state index contributed by atoms with van der Waals surface area (Å²) in [5.41, 5.74) is 3.40. The Labute approximate surface area is 147 Å². The van der Waals surface area contributed by atoms with Gasteiger partial charge < -0.3 is 5.32 Å². The summed E-state index contributed by atoms with van der Waals surface area (Å²) in [5, 5.41) is 3.34. The maximum Gasteiger partial charge on any atom is 0.275 e. The van der Waals surface area contributed by atoms with Gasteiger partial charge in [-0.15, -0.1) is 0 Å². The highest BCUT2D eigenvalue weighted by molar-refractivity contribution is 6.35. The molecule has 1 N–H and O–H groups in total. The monoisotopic (exact) mass is 338 g/mol. The molecule has 1 heterocycles. The lowest BCUT2D eigenvalue weighted by Crippen LogP contribution is -2.24. The van der Waals surface area contributed by atoms with Gasteiger partial charge in [0.05, 0.1) is 5.02 Å². The summed E-state index contributed by atoms with van der Waals surface area (Å²) < 4.78 is 0. The van der Waals surface area contributed by atoms with E-state index in [0.717, 1.165) is 11.1 Å². The quantitative estimate of drug-likeness (QED) is 0.801. The standard InChI is InChI=1S/C20H19ClN2O/c1-20(2,3)14-10-8-13(9-11-14)12-17-19(24)23-18(22-17)15-6-4-5-7-16(15)21/h4-12H,1-3H3,(H,22,23,24). The van der Waals surface area contributed by atoms with E-state index in [1.165, 1.54) is 5.56 Å². The Kier molecular flexibility index (Phi) is 4.29. The first-order valence-corrected chi connectivity index (χ1v) is 8.19. The van der Waals surface area contributed by atoms with E-state index >= 15 is 0 Å². The summed E-state index contributed by atoms with van der Waals surface area (Å²) >= 11 is 6.17. The number of rotatable bonds is 2. The number of nitrogens with zero attached hydrogens (tertiary/aromatic N) is 1. The Morgan fingerprint density at radius 3 is 2.33 bits per heavy atom. The lowest BCUT2D eigenvalue weighted by molar-refractivity contribution is -0.115. The number of aliphatic imine (C=N–C) groups is 1. The lowest BCUT2D eigenvalue weighted by Gasteiger charge is -2.18. The van der Waals surface area contributed by atoms with Gasteiger partial charge in [0, 0.05) is 5.56 Å². The molecule has 0 unspecified atom stereocenters. The second-order valence-electron chi connectivity index (χ2n) is 6.80. The second kappa shape index (κ2) is 6.25. The van der Waals surface area contributed by atoms with Crippen LogP contribution in [-0.2, 0) is 10.2 Å². The van der Waals surface area contributed by atoms with Crippen molar-refractivity contribution in [1.82, 2.24) is 5.32 Å². The molecule has 0 aliphatic carbocycles. The van der Waals surface area contributed by atoms with Crippen molar-refractivity contribution in [3.63, 3.8) is 0 Å². The average molecular weight is 339 g/mol. The molecule has 0 saturated heterocycles. The number of amides is 1. The molecule has 24 heavy (non-hydrogen) atoms. The van der Waals surface area contributed by atoms with Gasteiger partial charge in [-0.25, -0.2) is 4.99 Å². The Hall–Kier alpha value is -2.39. The van der Waals surface area contributed by atoms with Crippen LogP contribution in [0, 0.1) is 0 Å². The number of benzene rings is 2. The van der Waals surface area contributed by atoms with Crippen molar-refractivity contribution >= 4 is 29.4 Å². The fourth-order valence-corrected chi connectivity index (χ4v) is 2.71. The van der Waals surface area contributed by atoms with Crippen molar-refractivity contribution in [3.05, 3.63) is 75.9 Å². The molecule has 0 spiro atoms. The van der Waals surface area contributed by atoms with Crippen molar-refractivity contribution in [1.29, 1.82) is 0 Å². The molecule has 3 nitrogen and oxygen atoms in total. The Balaban J connectivity index is 1.90. The number of hydrogen-bond acceptors (Lipinski definition) is 2. The molecular formula is C20H19ClN2O. The van der Waals surface area contributed by atoms with Gasteiger partial charge in [-0.2, -0.15) is 0 Å². The molecule has 1 aliphatic rings. The van der Waals surface area contributed by atoms with E-state index in [1.807, 2.05) is 30.3 Å². The summed E-state index contributed by atoms with van der Waals surface area (Å²) in [6.07, 6.45) is 1.78. The first-order valence-electron chi connectivity index (χ1n) is 7.82. The lowest BCUT2D eigenvalue weighted by atomic mass is 9.87. The molecule has 3 rings (SSSR count). The number of halogens is 1. The Morgan fingerprint density at radius 2 is 1.71 bits per heavy atom. The van der Waals surface area contributed by atoms with Crippen LogP contribution in [0.1, 0.15) is 37.5 Å². The van der Waals surface area contributed by atoms with Crippen LogP contribution in [0.5, 0.6) is 0 Å². The molecule has 0 aromatic heterocycles. The summed E-state index contributed by atoms with van der Waals surface area (Å²) in [5.74, 6) is 0.271. The van der Waals surface area contributed by atoms with Crippen LogP contribution >= 0.6 is 11.6 Å². The van der Waals surface area contributed by atoms with Gasteiger partial charge in [0.15, 0.2) is 0 Å². The number of carbonyl (C=O) groups is 1. The second-order valence-corrected chi connectivity index (χ2v) is 7.20. The summed E-state index contributed by atoms with van der Waals surface area (Å²) in [6, 6.07) is 15.5. The predicted molar refractivity (Wildman–Crippen MR) is 99.3 cm³/mol. The van der Waals surface area contributed by atoms with Gasteiger partial charge in [-0.1, -0.05) is 68.8 Å². The van der Waals surface area contributed by atoms with Crippen LogP contribution < -0.4 is 5.32 Å². The fourth-order valence-electron chi connectivity index (χ4n) is 2.49. The van der Waals surface area contributed by atoms with Crippen LogP contribution in [0.25, 0.3) is 6.08 Å². The minimum absolute atomic E-state index is 0.103. The van der Waals surface area contributed by atoms with Gasteiger partial charge in [-0.3, -0.25) is 4.79 Å². The van der Waals surface area contributed by atoms with Gasteiger partial charge in [-0.05, 0) is 34.8 Å². The van der Waals surface area contributed by atoms with Gasteiger partial charge in [0.2, 0.25) is 0 Å². The van der Waals surface area contributed by atoms with E-state index in [4.69, 9.17) is 11.6 Å². The number of nitrogens with one attached hydrogen (secondary N) is 1. The molecule has 4 heteroatoms. The maximum absolute atomic E-state index is 12.2. The zero-order valence-corrected chi connectivity index (χ0v) is 14.7. The van der Waals surface area contributed by atoms with Gasteiger partial charge in [0.25, 0.3) is 5.91 Å². The third kappa shape index (κ3) is 3.41. The molecular weight excluding hydrogens is 320 g/mol. The van der Waals surface area contributed by atoms with E-state index in [9.17, 15) is 4.79 Å². The number of amidine groups is 1. The molecule has 0 saturated carbocycles. The first-order chi connectivity index (χ1) is 11.3. The Bertz CT molecular complexity index is 843. The smallest absolute Gasteiger partial charge is 0.275 e. The van der Waals surface area contributed by atoms with Gasteiger partial charge in [0.1, 0.15) is 11.5 Å².